The van der Waals surface area contributed by atoms with Gasteiger partial charge in [0.15, 0.2) is 0 Å². The number of methoxy groups -OCH3 is 2. The summed E-state index contributed by atoms with van der Waals surface area (Å²) in [4.78, 5) is 25.4. The largest absolute Gasteiger partial charge is 0.497 e. The fourth-order valence-electron chi connectivity index (χ4n) is 3.99. The van der Waals surface area contributed by atoms with E-state index in [9.17, 15) is 9.59 Å². The molecule has 2 aromatic rings. The SMILES string of the molecule is COc1ccc(CCCC(=O)[C@@H]2CNC[C@H]2C(=O)NCCc2ccc(OC)cc2)cc1.Cl. The fraction of sp³-hybridized carbons (Fsp3) is 0.440. The van der Waals surface area contributed by atoms with Crippen molar-refractivity contribution < 1.29 is 19.1 Å². The number of hydrogen-bond acceptors (Lipinski definition) is 5. The number of nitrogens with one attached hydrogen (secondary N) is 2. The lowest BCUT2D eigenvalue weighted by molar-refractivity contribution is -0.131. The third kappa shape index (κ3) is 7.24. The monoisotopic (exact) mass is 460 g/mol. The lowest BCUT2D eigenvalue weighted by Crippen LogP contribution is -2.38. The van der Waals surface area contributed by atoms with Gasteiger partial charge in [0.1, 0.15) is 17.3 Å². The molecule has 1 saturated heterocycles. The Hall–Kier alpha value is -2.57. The maximum Gasteiger partial charge on any atom is 0.225 e. The summed E-state index contributed by atoms with van der Waals surface area (Å²) in [6.45, 7) is 1.70. The lowest BCUT2D eigenvalue weighted by atomic mass is 9.88. The van der Waals surface area contributed by atoms with E-state index in [0.717, 1.165) is 36.3 Å². The van der Waals surface area contributed by atoms with E-state index in [1.165, 1.54) is 5.56 Å². The van der Waals surface area contributed by atoms with Crippen LogP contribution >= 0.6 is 12.4 Å². The second-order valence-electron chi connectivity index (χ2n) is 7.93. The van der Waals surface area contributed by atoms with Crippen LogP contribution in [0, 0.1) is 11.8 Å². The normalized spacial score (nSPS) is 17.3. The third-order valence-corrected chi connectivity index (χ3v) is 5.88. The van der Waals surface area contributed by atoms with E-state index in [4.69, 9.17) is 9.47 Å². The van der Waals surface area contributed by atoms with Crippen LogP contribution < -0.4 is 20.1 Å². The highest BCUT2D eigenvalue weighted by molar-refractivity contribution is 5.89. The highest BCUT2D eigenvalue weighted by atomic mass is 35.5. The van der Waals surface area contributed by atoms with Gasteiger partial charge in [0, 0.05) is 32.0 Å². The molecule has 0 aliphatic carbocycles. The summed E-state index contributed by atoms with van der Waals surface area (Å²) >= 11 is 0. The average Bonchev–Trinajstić information content (AvgIpc) is 3.30. The van der Waals surface area contributed by atoms with Crippen LogP contribution in [0.2, 0.25) is 0 Å². The Morgan fingerprint density at radius 3 is 1.97 bits per heavy atom. The summed E-state index contributed by atoms with van der Waals surface area (Å²) in [7, 11) is 3.29. The molecule has 0 spiro atoms. The molecule has 7 heteroatoms. The Labute approximate surface area is 196 Å². The van der Waals surface area contributed by atoms with Crippen LogP contribution in [-0.2, 0) is 22.4 Å². The molecule has 1 aliphatic rings. The van der Waals surface area contributed by atoms with Crippen LogP contribution in [0.25, 0.3) is 0 Å². The number of rotatable bonds is 11. The van der Waals surface area contributed by atoms with Gasteiger partial charge in [-0.05, 0) is 54.7 Å². The average molecular weight is 461 g/mol. The van der Waals surface area contributed by atoms with Crippen LogP contribution in [0.5, 0.6) is 11.5 Å². The van der Waals surface area contributed by atoms with Crippen molar-refractivity contribution in [2.75, 3.05) is 33.9 Å². The second-order valence-corrected chi connectivity index (χ2v) is 7.93. The summed E-state index contributed by atoms with van der Waals surface area (Å²) in [5, 5.41) is 6.22. The van der Waals surface area contributed by atoms with Crippen molar-refractivity contribution in [2.45, 2.75) is 25.7 Å². The first-order valence-electron chi connectivity index (χ1n) is 10.9. The van der Waals surface area contributed by atoms with Gasteiger partial charge in [-0.3, -0.25) is 9.59 Å². The van der Waals surface area contributed by atoms with Crippen LogP contribution in [0.15, 0.2) is 48.5 Å². The van der Waals surface area contributed by atoms with Crippen molar-refractivity contribution in [3.05, 3.63) is 59.7 Å². The number of benzene rings is 2. The minimum absolute atomic E-state index is 0. The molecule has 3 rings (SSSR count). The van der Waals surface area contributed by atoms with Gasteiger partial charge < -0.3 is 20.1 Å². The predicted molar refractivity (Wildman–Crippen MR) is 128 cm³/mol. The van der Waals surface area contributed by atoms with E-state index in [1.807, 2.05) is 48.5 Å². The first-order valence-corrected chi connectivity index (χ1v) is 10.9. The number of carbonyl (C=O) groups excluding carboxylic acids is 2. The van der Waals surface area contributed by atoms with Gasteiger partial charge in [-0.2, -0.15) is 0 Å². The van der Waals surface area contributed by atoms with Crippen LogP contribution in [0.3, 0.4) is 0 Å². The van der Waals surface area contributed by atoms with Crippen LogP contribution in [0.1, 0.15) is 24.0 Å². The molecule has 6 nitrogen and oxygen atoms in total. The zero-order valence-electron chi connectivity index (χ0n) is 18.8. The highest BCUT2D eigenvalue weighted by Gasteiger charge is 2.36. The Bertz CT molecular complexity index is 784. The fourth-order valence-corrected chi connectivity index (χ4v) is 3.99. The van der Waals surface area contributed by atoms with Crippen molar-refractivity contribution in [3.8, 4) is 11.5 Å². The highest BCUT2D eigenvalue weighted by Crippen LogP contribution is 2.21. The first-order chi connectivity index (χ1) is 15.1. The molecule has 0 saturated carbocycles. The molecule has 0 radical (unpaired) electrons. The quantitative estimate of drug-likeness (QED) is 0.538. The van der Waals surface area contributed by atoms with Crippen LogP contribution in [0.4, 0.5) is 0 Å². The molecule has 0 aromatic heterocycles. The Kier molecular flexibility index (Phi) is 10.5. The number of aryl methyl sites for hydroxylation is 1. The van der Waals surface area contributed by atoms with Crippen molar-refractivity contribution in [1.29, 1.82) is 0 Å². The molecule has 32 heavy (non-hydrogen) atoms. The number of halogens is 1. The smallest absolute Gasteiger partial charge is 0.225 e. The Morgan fingerprint density at radius 2 is 1.41 bits per heavy atom. The number of ether oxygens (including phenoxy) is 2. The summed E-state index contributed by atoms with van der Waals surface area (Å²) in [6, 6.07) is 15.7. The van der Waals surface area contributed by atoms with E-state index >= 15 is 0 Å². The van der Waals surface area contributed by atoms with E-state index < -0.39 is 0 Å². The standard InChI is InChI=1S/C25H32N2O4.ClH/c1-30-20-10-6-18(7-11-20)4-3-5-24(28)22-16-26-17-23(22)25(29)27-15-14-19-8-12-21(31-2)13-9-19;/h6-13,22-23,26H,3-5,14-17H2,1-2H3,(H,27,29);1H/t22-,23-;/m1./s1. The number of amides is 1. The Morgan fingerprint density at radius 1 is 0.875 bits per heavy atom. The summed E-state index contributed by atoms with van der Waals surface area (Å²) in [5.74, 6) is 1.26. The van der Waals surface area contributed by atoms with Crippen molar-refractivity contribution in [2.24, 2.45) is 11.8 Å². The second kappa shape index (κ2) is 13.1. The molecular formula is C25H33ClN2O4. The van der Waals surface area contributed by atoms with Gasteiger partial charge in [0.05, 0.1) is 20.1 Å². The van der Waals surface area contributed by atoms with E-state index in [0.29, 0.717) is 26.1 Å². The molecule has 2 atom stereocenters. The number of ketones is 1. The number of hydrogen-bond donors (Lipinski definition) is 2. The zero-order valence-corrected chi connectivity index (χ0v) is 19.6. The van der Waals surface area contributed by atoms with Gasteiger partial charge in [0.2, 0.25) is 5.91 Å². The van der Waals surface area contributed by atoms with E-state index in [-0.39, 0.29) is 35.9 Å². The molecule has 1 heterocycles. The van der Waals surface area contributed by atoms with E-state index in [1.54, 1.807) is 14.2 Å². The molecule has 0 bridgehead atoms. The van der Waals surface area contributed by atoms with Crippen molar-refractivity contribution in [3.63, 3.8) is 0 Å². The first kappa shape index (κ1) is 25.7. The number of Topliss-reactive ketones (excluding diaryl/α,β-unsaturated/α-hetero) is 1. The van der Waals surface area contributed by atoms with Gasteiger partial charge in [-0.15, -0.1) is 12.4 Å². The maximum absolute atomic E-state index is 12.8. The summed E-state index contributed by atoms with van der Waals surface area (Å²) < 4.78 is 10.3. The minimum atomic E-state index is -0.288. The molecule has 1 amide bonds. The van der Waals surface area contributed by atoms with Gasteiger partial charge in [0.25, 0.3) is 0 Å². The van der Waals surface area contributed by atoms with Gasteiger partial charge in [-0.1, -0.05) is 24.3 Å². The molecule has 1 aliphatic heterocycles. The molecule has 0 unspecified atom stereocenters. The zero-order chi connectivity index (χ0) is 22.1. The Balaban J connectivity index is 0.00000363. The minimum Gasteiger partial charge on any atom is -0.497 e. The molecular weight excluding hydrogens is 428 g/mol. The molecule has 174 valence electrons. The van der Waals surface area contributed by atoms with Gasteiger partial charge >= 0.3 is 0 Å². The molecule has 2 aromatic carbocycles. The van der Waals surface area contributed by atoms with E-state index in [2.05, 4.69) is 10.6 Å². The topological polar surface area (TPSA) is 76.7 Å². The van der Waals surface area contributed by atoms with Crippen molar-refractivity contribution in [1.82, 2.24) is 10.6 Å². The van der Waals surface area contributed by atoms with Crippen molar-refractivity contribution >= 4 is 24.1 Å². The number of carbonyl (C=O) groups is 2. The van der Waals surface area contributed by atoms with Crippen LogP contribution in [-0.4, -0.2) is 45.5 Å². The third-order valence-electron chi connectivity index (χ3n) is 5.88. The summed E-state index contributed by atoms with van der Waals surface area (Å²) in [6.07, 6.45) is 2.87. The maximum atomic E-state index is 12.8. The molecule has 2 N–H and O–H groups in total. The molecule has 1 fully saturated rings. The predicted octanol–water partition coefficient (Wildman–Crippen LogP) is 3.21. The lowest BCUT2D eigenvalue weighted by Gasteiger charge is -2.17. The summed E-state index contributed by atoms with van der Waals surface area (Å²) in [5.41, 5.74) is 2.32. The van der Waals surface area contributed by atoms with Gasteiger partial charge in [-0.25, -0.2) is 0 Å².